The summed E-state index contributed by atoms with van der Waals surface area (Å²) in [5, 5.41) is 0. The molecule has 94 valence electrons. The Hall–Kier alpha value is -1.68. The van der Waals surface area contributed by atoms with Gasteiger partial charge in [0.05, 0.1) is 7.11 Å². The van der Waals surface area contributed by atoms with Gasteiger partial charge in [0.25, 0.3) is 0 Å². The van der Waals surface area contributed by atoms with Crippen molar-refractivity contribution in [3.8, 4) is 5.75 Å². The minimum atomic E-state index is 0.0174. The summed E-state index contributed by atoms with van der Waals surface area (Å²) >= 11 is 1.71. The highest BCUT2D eigenvalue weighted by Crippen LogP contribution is 2.22. The topological polar surface area (TPSA) is 31.2 Å². The maximum atomic E-state index is 11.3. The largest absolute Gasteiger partial charge is 0.497 e. The molecular weight excluding hydrogens is 246 g/mol. The molecular formula is C14H15NO2S. The van der Waals surface area contributed by atoms with Gasteiger partial charge in [0.2, 0.25) is 5.56 Å². The average molecular weight is 261 g/mol. The van der Waals surface area contributed by atoms with Crippen molar-refractivity contribution in [2.24, 2.45) is 7.05 Å². The van der Waals surface area contributed by atoms with E-state index >= 15 is 0 Å². The van der Waals surface area contributed by atoms with Crippen LogP contribution in [0.1, 0.15) is 5.56 Å². The summed E-state index contributed by atoms with van der Waals surface area (Å²) in [6, 6.07) is 11.5. The first kappa shape index (κ1) is 12.8. The van der Waals surface area contributed by atoms with Crippen LogP contribution >= 0.6 is 11.8 Å². The second-order valence-corrected chi connectivity index (χ2v) is 5.00. The first-order chi connectivity index (χ1) is 8.69. The predicted molar refractivity (Wildman–Crippen MR) is 74.2 cm³/mol. The third-order valence-electron chi connectivity index (χ3n) is 2.62. The number of aryl methyl sites for hydroxylation is 1. The van der Waals surface area contributed by atoms with Crippen molar-refractivity contribution < 1.29 is 4.74 Å². The highest BCUT2D eigenvalue weighted by atomic mass is 32.2. The standard InChI is InChI=1S/C14H15NO2S/c1-15-9-13(7-8-14(15)16)18-10-11-3-5-12(17-2)6-4-11/h3-9H,10H2,1-2H3. The molecule has 0 amide bonds. The number of aromatic nitrogens is 1. The lowest BCUT2D eigenvalue weighted by Gasteiger charge is -2.05. The quantitative estimate of drug-likeness (QED) is 0.793. The van der Waals surface area contributed by atoms with E-state index in [1.165, 1.54) is 5.56 Å². The fourth-order valence-corrected chi connectivity index (χ4v) is 2.47. The second kappa shape index (κ2) is 5.78. The summed E-state index contributed by atoms with van der Waals surface area (Å²) in [7, 11) is 3.42. The number of ether oxygens (including phenoxy) is 1. The van der Waals surface area contributed by atoms with Gasteiger partial charge in [-0.05, 0) is 23.8 Å². The van der Waals surface area contributed by atoms with Crippen LogP contribution in [-0.4, -0.2) is 11.7 Å². The van der Waals surface area contributed by atoms with E-state index in [-0.39, 0.29) is 5.56 Å². The van der Waals surface area contributed by atoms with Gasteiger partial charge in [-0.3, -0.25) is 4.79 Å². The molecule has 0 N–H and O–H groups in total. The molecule has 0 bridgehead atoms. The highest BCUT2D eigenvalue weighted by Gasteiger charge is 1.99. The normalized spacial score (nSPS) is 10.3. The Morgan fingerprint density at radius 3 is 2.50 bits per heavy atom. The molecule has 0 aliphatic rings. The lowest BCUT2D eigenvalue weighted by Crippen LogP contribution is -2.13. The summed E-state index contributed by atoms with van der Waals surface area (Å²) in [5.41, 5.74) is 1.25. The Labute approximate surface area is 110 Å². The Bertz CT molecular complexity index is 575. The van der Waals surface area contributed by atoms with Crippen LogP contribution in [0.2, 0.25) is 0 Å². The van der Waals surface area contributed by atoms with E-state index in [1.54, 1.807) is 36.6 Å². The molecule has 1 heterocycles. The lowest BCUT2D eigenvalue weighted by atomic mass is 10.2. The van der Waals surface area contributed by atoms with Crippen molar-refractivity contribution >= 4 is 11.8 Å². The van der Waals surface area contributed by atoms with Crippen molar-refractivity contribution in [2.45, 2.75) is 10.6 Å². The minimum absolute atomic E-state index is 0.0174. The van der Waals surface area contributed by atoms with Gasteiger partial charge in [-0.1, -0.05) is 12.1 Å². The molecule has 18 heavy (non-hydrogen) atoms. The van der Waals surface area contributed by atoms with E-state index in [0.29, 0.717) is 0 Å². The molecule has 0 saturated heterocycles. The van der Waals surface area contributed by atoms with Gasteiger partial charge in [-0.15, -0.1) is 11.8 Å². The zero-order chi connectivity index (χ0) is 13.0. The van der Waals surface area contributed by atoms with Gasteiger partial charge >= 0.3 is 0 Å². The van der Waals surface area contributed by atoms with E-state index < -0.39 is 0 Å². The second-order valence-electron chi connectivity index (χ2n) is 3.95. The van der Waals surface area contributed by atoms with E-state index in [2.05, 4.69) is 0 Å². The monoisotopic (exact) mass is 261 g/mol. The van der Waals surface area contributed by atoms with E-state index in [4.69, 9.17) is 4.74 Å². The van der Waals surface area contributed by atoms with E-state index in [1.807, 2.05) is 36.5 Å². The first-order valence-electron chi connectivity index (χ1n) is 5.61. The molecule has 0 aliphatic carbocycles. The van der Waals surface area contributed by atoms with Gasteiger partial charge in [0, 0.05) is 30.0 Å². The Kier molecular flexibility index (Phi) is 4.10. The predicted octanol–water partition coefficient (Wildman–Crippen LogP) is 2.69. The molecule has 1 aromatic heterocycles. The zero-order valence-corrected chi connectivity index (χ0v) is 11.2. The van der Waals surface area contributed by atoms with Crippen LogP contribution in [0.3, 0.4) is 0 Å². The third kappa shape index (κ3) is 3.17. The fourth-order valence-electron chi connectivity index (χ4n) is 1.54. The molecule has 0 saturated carbocycles. The van der Waals surface area contributed by atoms with E-state index in [9.17, 15) is 4.79 Å². The van der Waals surface area contributed by atoms with Crippen molar-refractivity contribution in [1.82, 2.24) is 4.57 Å². The van der Waals surface area contributed by atoms with Gasteiger partial charge in [0.1, 0.15) is 5.75 Å². The highest BCUT2D eigenvalue weighted by molar-refractivity contribution is 7.98. The number of rotatable bonds is 4. The maximum absolute atomic E-state index is 11.3. The molecule has 0 aliphatic heterocycles. The molecule has 0 atom stereocenters. The molecule has 1 aromatic carbocycles. The molecule has 0 spiro atoms. The fraction of sp³-hybridized carbons (Fsp3) is 0.214. The van der Waals surface area contributed by atoms with Crippen molar-refractivity contribution in [2.75, 3.05) is 7.11 Å². The average Bonchev–Trinajstić information content (AvgIpc) is 2.41. The molecule has 0 fully saturated rings. The number of methoxy groups -OCH3 is 1. The number of thioether (sulfide) groups is 1. The smallest absolute Gasteiger partial charge is 0.250 e. The van der Waals surface area contributed by atoms with Crippen molar-refractivity contribution in [3.05, 3.63) is 58.5 Å². The van der Waals surface area contributed by atoms with Gasteiger partial charge < -0.3 is 9.30 Å². The molecule has 2 rings (SSSR count). The van der Waals surface area contributed by atoms with Crippen LogP contribution in [0.15, 0.2) is 52.3 Å². The Balaban J connectivity index is 2.01. The minimum Gasteiger partial charge on any atom is -0.497 e. The number of pyridine rings is 1. The van der Waals surface area contributed by atoms with Gasteiger partial charge in [0.15, 0.2) is 0 Å². The van der Waals surface area contributed by atoms with Crippen LogP contribution in [0, 0.1) is 0 Å². The Morgan fingerprint density at radius 1 is 1.17 bits per heavy atom. The van der Waals surface area contributed by atoms with Gasteiger partial charge in [-0.2, -0.15) is 0 Å². The van der Waals surface area contributed by atoms with Crippen LogP contribution in [0.4, 0.5) is 0 Å². The molecule has 2 aromatic rings. The van der Waals surface area contributed by atoms with Crippen molar-refractivity contribution in [3.63, 3.8) is 0 Å². The first-order valence-corrected chi connectivity index (χ1v) is 6.60. The summed E-state index contributed by atoms with van der Waals surface area (Å²) in [6.45, 7) is 0. The van der Waals surface area contributed by atoms with Gasteiger partial charge in [-0.25, -0.2) is 0 Å². The third-order valence-corrected chi connectivity index (χ3v) is 3.68. The summed E-state index contributed by atoms with van der Waals surface area (Å²) in [4.78, 5) is 12.3. The molecule has 3 nitrogen and oxygen atoms in total. The number of hydrogen-bond donors (Lipinski definition) is 0. The SMILES string of the molecule is COc1ccc(CSc2ccc(=O)n(C)c2)cc1. The molecule has 0 unspecified atom stereocenters. The number of benzene rings is 1. The Morgan fingerprint density at radius 2 is 1.89 bits per heavy atom. The van der Waals surface area contributed by atoms with Crippen LogP contribution < -0.4 is 10.3 Å². The van der Waals surface area contributed by atoms with E-state index in [0.717, 1.165) is 16.4 Å². The van der Waals surface area contributed by atoms with Crippen LogP contribution in [0.5, 0.6) is 5.75 Å². The van der Waals surface area contributed by atoms with Crippen molar-refractivity contribution in [1.29, 1.82) is 0 Å². The maximum Gasteiger partial charge on any atom is 0.250 e. The summed E-state index contributed by atoms with van der Waals surface area (Å²) < 4.78 is 6.71. The number of nitrogens with zero attached hydrogens (tertiary/aromatic N) is 1. The lowest BCUT2D eigenvalue weighted by molar-refractivity contribution is 0.414. The molecule has 0 radical (unpaired) electrons. The zero-order valence-electron chi connectivity index (χ0n) is 10.4. The number of hydrogen-bond acceptors (Lipinski definition) is 3. The van der Waals surface area contributed by atoms with Crippen LogP contribution in [-0.2, 0) is 12.8 Å². The summed E-state index contributed by atoms with van der Waals surface area (Å²) in [5.74, 6) is 1.74. The molecule has 4 heteroatoms. The van der Waals surface area contributed by atoms with Crippen LogP contribution in [0.25, 0.3) is 0 Å². The summed E-state index contributed by atoms with van der Waals surface area (Å²) in [6.07, 6.45) is 1.86.